The predicted molar refractivity (Wildman–Crippen MR) is 151 cm³/mol. The Balaban J connectivity index is 1.40. The molecule has 7 heteroatoms. The second kappa shape index (κ2) is 13.4. The molecule has 1 saturated carbocycles. The van der Waals surface area contributed by atoms with E-state index in [2.05, 4.69) is 53.6 Å². The minimum absolute atomic E-state index is 0.0593. The van der Waals surface area contributed by atoms with Crippen LogP contribution in [-0.2, 0) is 22.6 Å². The summed E-state index contributed by atoms with van der Waals surface area (Å²) in [6.45, 7) is 6.10. The summed E-state index contributed by atoms with van der Waals surface area (Å²) in [6.07, 6.45) is 5.97. The van der Waals surface area contributed by atoms with E-state index in [1.807, 2.05) is 0 Å². The molecule has 2 aromatic rings. The highest BCUT2D eigenvalue weighted by Crippen LogP contribution is 2.26. The third kappa shape index (κ3) is 7.67. The van der Waals surface area contributed by atoms with Crippen LogP contribution in [-0.4, -0.2) is 47.7 Å². The first-order valence-corrected chi connectivity index (χ1v) is 14.4. The van der Waals surface area contributed by atoms with Crippen LogP contribution in [0.4, 0.5) is 0 Å². The van der Waals surface area contributed by atoms with Crippen molar-refractivity contribution in [1.29, 1.82) is 0 Å². The van der Waals surface area contributed by atoms with Crippen molar-refractivity contribution < 1.29 is 14.4 Å². The summed E-state index contributed by atoms with van der Waals surface area (Å²) in [7, 11) is 0. The van der Waals surface area contributed by atoms with Crippen molar-refractivity contribution in [2.24, 2.45) is 11.8 Å². The van der Waals surface area contributed by atoms with Gasteiger partial charge in [-0.05, 0) is 80.0 Å². The van der Waals surface area contributed by atoms with Crippen LogP contribution < -0.4 is 10.6 Å². The molecule has 1 fully saturated rings. The van der Waals surface area contributed by atoms with Gasteiger partial charge in [0, 0.05) is 23.2 Å². The summed E-state index contributed by atoms with van der Waals surface area (Å²) in [5.74, 6) is -0.369. The van der Waals surface area contributed by atoms with Gasteiger partial charge in [-0.2, -0.15) is 0 Å². The summed E-state index contributed by atoms with van der Waals surface area (Å²) in [5, 5.41) is 6.75. The zero-order valence-electron chi connectivity index (χ0n) is 22.5. The molecule has 204 valence electrons. The largest absolute Gasteiger partial charge is 0.349 e. The van der Waals surface area contributed by atoms with Crippen LogP contribution in [0.5, 0.6) is 0 Å². The van der Waals surface area contributed by atoms with Gasteiger partial charge in [-0.1, -0.05) is 62.6 Å². The molecular formula is C31H40ClN3O3. The zero-order chi connectivity index (χ0) is 27.1. The minimum Gasteiger partial charge on any atom is -0.349 e. The molecule has 6 nitrogen and oxygen atoms in total. The molecule has 0 aromatic heterocycles. The molecule has 0 radical (unpaired) electrons. The quantitative estimate of drug-likeness (QED) is 0.462. The van der Waals surface area contributed by atoms with E-state index >= 15 is 0 Å². The molecule has 2 aliphatic rings. The summed E-state index contributed by atoms with van der Waals surface area (Å²) >= 11 is 5.96. The van der Waals surface area contributed by atoms with Gasteiger partial charge in [-0.15, -0.1) is 0 Å². The van der Waals surface area contributed by atoms with Crippen LogP contribution in [0.1, 0.15) is 73.9 Å². The van der Waals surface area contributed by atoms with Crippen molar-refractivity contribution in [3.63, 3.8) is 0 Å². The van der Waals surface area contributed by atoms with Gasteiger partial charge in [0.25, 0.3) is 5.91 Å². The highest BCUT2D eigenvalue weighted by Gasteiger charge is 2.34. The molecule has 38 heavy (non-hydrogen) atoms. The summed E-state index contributed by atoms with van der Waals surface area (Å²) < 4.78 is 0. The van der Waals surface area contributed by atoms with E-state index in [4.69, 9.17) is 11.6 Å². The van der Waals surface area contributed by atoms with Gasteiger partial charge in [-0.25, -0.2) is 0 Å². The number of ketones is 1. The van der Waals surface area contributed by atoms with Crippen LogP contribution in [0, 0.1) is 11.8 Å². The van der Waals surface area contributed by atoms with E-state index in [0.717, 1.165) is 45.2 Å². The van der Waals surface area contributed by atoms with E-state index in [1.54, 1.807) is 24.3 Å². The Bertz CT molecular complexity index is 1120. The van der Waals surface area contributed by atoms with Gasteiger partial charge in [0.05, 0.1) is 18.5 Å². The molecule has 0 spiro atoms. The van der Waals surface area contributed by atoms with Crippen molar-refractivity contribution in [3.8, 4) is 0 Å². The molecule has 2 N–H and O–H groups in total. The van der Waals surface area contributed by atoms with Crippen LogP contribution >= 0.6 is 11.6 Å². The third-order valence-electron chi connectivity index (χ3n) is 7.75. The average molecular weight is 538 g/mol. The van der Waals surface area contributed by atoms with Crippen molar-refractivity contribution in [2.45, 2.75) is 77.4 Å². The first-order chi connectivity index (χ1) is 18.3. The smallest absolute Gasteiger partial charge is 0.251 e. The lowest BCUT2D eigenvalue weighted by atomic mass is 9.83. The summed E-state index contributed by atoms with van der Waals surface area (Å²) in [5.41, 5.74) is 3.16. The Labute approximate surface area is 231 Å². The number of benzene rings is 2. The first kappa shape index (κ1) is 28.3. The van der Waals surface area contributed by atoms with Crippen molar-refractivity contribution in [2.75, 3.05) is 13.1 Å². The van der Waals surface area contributed by atoms with E-state index in [0.29, 0.717) is 30.0 Å². The van der Waals surface area contributed by atoms with Gasteiger partial charge < -0.3 is 10.6 Å². The summed E-state index contributed by atoms with van der Waals surface area (Å²) in [6, 6.07) is 14.4. The molecule has 1 aliphatic heterocycles. The monoisotopic (exact) mass is 537 g/mol. The third-order valence-corrected chi connectivity index (χ3v) is 8.00. The van der Waals surface area contributed by atoms with Crippen LogP contribution in [0.3, 0.4) is 0 Å². The molecular weight excluding hydrogens is 498 g/mol. The fourth-order valence-electron chi connectivity index (χ4n) is 5.73. The number of halogens is 1. The van der Waals surface area contributed by atoms with Gasteiger partial charge >= 0.3 is 0 Å². The second-order valence-corrected chi connectivity index (χ2v) is 11.7. The predicted octanol–water partition coefficient (Wildman–Crippen LogP) is 5.18. The van der Waals surface area contributed by atoms with Crippen molar-refractivity contribution >= 4 is 29.2 Å². The van der Waals surface area contributed by atoms with Crippen LogP contribution in [0.2, 0.25) is 5.02 Å². The number of nitrogens with zero attached hydrogens (tertiary/aromatic N) is 1. The van der Waals surface area contributed by atoms with Crippen LogP contribution in [0.25, 0.3) is 0 Å². The molecule has 4 rings (SSSR count). The number of hydrogen-bond acceptors (Lipinski definition) is 4. The highest BCUT2D eigenvalue weighted by atomic mass is 35.5. The standard InChI is InChI=1S/C31H40ClN3O3/c1-21(2)18-28(29(36)20-35-17-7-10-22-8-3-4-9-24(22)19-35)34-31(38)26-11-5-6-12-27(26)33-30(37)23-13-15-25(32)16-14-23/h3-4,8-9,13-16,21,26-28H,5-7,10-12,17-20H2,1-2H3,(H,33,37)(H,34,38)/t26-,27+,28+/m1/s1. The molecule has 0 unspecified atom stereocenters. The van der Waals surface area contributed by atoms with Gasteiger partial charge in [0.2, 0.25) is 5.91 Å². The molecule has 1 aliphatic carbocycles. The lowest BCUT2D eigenvalue weighted by Crippen LogP contribution is -2.53. The molecule has 1 heterocycles. The Hall–Kier alpha value is -2.70. The Morgan fingerprint density at radius 1 is 0.974 bits per heavy atom. The van der Waals surface area contributed by atoms with Crippen molar-refractivity contribution in [3.05, 3.63) is 70.2 Å². The zero-order valence-corrected chi connectivity index (χ0v) is 23.3. The number of fused-ring (bicyclic) bond motifs is 1. The van der Waals surface area contributed by atoms with Crippen molar-refractivity contribution in [1.82, 2.24) is 15.5 Å². The number of rotatable bonds is 9. The first-order valence-electron chi connectivity index (χ1n) is 14.0. The highest BCUT2D eigenvalue weighted by molar-refractivity contribution is 6.30. The van der Waals surface area contributed by atoms with Gasteiger partial charge in [-0.3, -0.25) is 19.3 Å². The number of Topliss-reactive ketones (excluding diaryl/α,β-unsaturated/α-hetero) is 1. The maximum Gasteiger partial charge on any atom is 0.251 e. The van der Waals surface area contributed by atoms with E-state index in [-0.39, 0.29) is 35.5 Å². The fraction of sp³-hybridized carbons (Fsp3) is 0.516. The molecule has 2 amide bonds. The Morgan fingerprint density at radius 3 is 2.42 bits per heavy atom. The SMILES string of the molecule is CC(C)C[C@H](NC(=O)[C@@H]1CCCC[C@@H]1NC(=O)c1ccc(Cl)cc1)C(=O)CN1CCCc2ccccc2C1. The number of aryl methyl sites for hydroxylation is 1. The van der Waals surface area contributed by atoms with E-state index in [9.17, 15) is 14.4 Å². The van der Waals surface area contributed by atoms with E-state index < -0.39 is 6.04 Å². The number of hydrogen-bond donors (Lipinski definition) is 2. The number of carbonyl (C=O) groups is 3. The maximum absolute atomic E-state index is 13.5. The van der Waals surface area contributed by atoms with Gasteiger partial charge in [0.1, 0.15) is 0 Å². The normalized spacial score (nSPS) is 20.7. The number of amides is 2. The van der Waals surface area contributed by atoms with E-state index in [1.165, 1.54) is 11.1 Å². The molecule has 2 aromatic carbocycles. The fourth-order valence-corrected chi connectivity index (χ4v) is 5.85. The lowest BCUT2D eigenvalue weighted by Gasteiger charge is -2.33. The summed E-state index contributed by atoms with van der Waals surface area (Å²) in [4.78, 5) is 42.1. The second-order valence-electron chi connectivity index (χ2n) is 11.2. The minimum atomic E-state index is -0.532. The molecule has 0 bridgehead atoms. The van der Waals surface area contributed by atoms with Crippen LogP contribution in [0.15, 0.2) is 48.5 Å². The maximum atomic E-state index is 13.5. The lowest BCUT2D eigenvalue weighted by molar-refractivity contribution is -0.132. The average Bonchev–Trinajstić information content (AvgIpc) is 3.10. The number of carbonyl (C=O) groups excluding carboxylic acids is 3. The molecule has 3 atom stereocenters. The molecule has 0 saturated heterocycles. The Kier molecular flexibility index (Phi) is 9.97. The number of nitrogens with one attached hydrogen (secondary N) is 2. The topological polar surface area (TPSA) is 78.5 Å². The van der Waals surface area contributed by atoms with Gasteiger partial charge in [0.15, 0.2) is 5.78 Å². The Morgan fingerprint density at radius 2 is 1.68 bits per heavy atom.